The molecule has 2 aromatic rings. The second kappa shape index (κ2) is 6.89. The Hall–Kier alpha value is -2.25. The quantitative estimate of drug-likeness (QED) is 0.807. The van der Waals surface area contributed by atoms with Gasteiger partial charge in [-0.2, -0.15) is 0 Å². The fourth-order valence-corrected chi connectivity index (χ4v) is 2.86. The largest absolute Gasteiger partial charge is 0.464 e. The van der Waals surface area contributed by atoms with Crippen LogP contribution in [0.2, 0.25) is 5.02 Å². The molecule has 0 aliphatic rings. The lowest BCUT2D eigenvalue weighted by molar-refractivity contribution is 0.0596. The molecule has 0 unspecified atom stereocenters. The van der Waals surface area contributed by atoms with E-state index < -0.39 is 16.0 Å². The Labute approximate surface area is 139 Å². The van der Waals surface area contributed by atoms with Crippen molar-refractivity contribution in [3.63, 3.8) is 0 Å². The first-order valence-electron chi connectivity index (χ1n) is 6.55. The van der Waals surface area contributed by atoms with Crippen molar-refractivity contribution in [2.75, 3.05) is 11.8 Å². The highest BCUT2D eigenvalue weighted by molar-refractivity contribution is 7.95. The highest BCUT2D eigenvalue weighted by Gasteiger charge is 2.18. The summed E-state index contributed by atoms with van der Waals surface area (Å²) in [5.74, 6) is -0.655. The molecule has 0 radical (unpaired) electrons. The lowest BCUT2D eigenvalue weighted by atomic mass is 10.2. The van der Waals surface area contributed by atoms with Gasteiger partial charge in [-0.25, -0.2) is 13.2 Å². The maximum absolute atomic E-state index is 12.1. The molecule has 0 atom stereocenters. The van der Waals surface area contributed by atoms with Crippen molar-refractivity contribution >= 4 is 39.4 Å². The number of halogens is 1. The van der Waals surface area contributed by atoms with Gasteiger partial charge in [-0.3, -0.25) is 4.72 Å². The minimum atomic E-state index is -3.79. The van der Waals surface area contributed by atoms with E-state index >= 15 is 0 Å². The molecule has 0 amide bonds. The molecular formula is C15H15ClN2O4S. The summed E-state index contributed by atoms with van der Waals surface area (Å²) in [7, 11) is -2.57. The fraction of sp³-hybridized carbons (Fsp3) is 0.133. The van der Waals surface area contributed by atoms with Gasteiger partial charge in [0.15, 0.2) is 0 Å². The molecule has 1 heterocycles. The number of carbonyl (C=O) groups is 1. The van der Waals surface area contributed by atoms with Gasteiger partial charge in [0.2, 0.25) is 0 Å². The predicted molar refractivity (Wildman–Crippen MR) is 89.9 cm³/mol. The number of H-pyrrole nitrogens is 1. The number of rotatable bonds is 5. The Balaban J connectivity index is 2.21. The Morgan fingerprint density at radius 3 is 2.57 bits per heavy atom. The number of aryl methyl sites for hydroxylation is 1. The van der Waals surface area contributed by atoms with Crippen LogP contribution in [-0.2, 0) is 14.8 Å². The van der Waals surface area contributed by atoms with Crippen LogP contribution >= 0.6 is 11.6 Å². The average Bonchev–Trinajstić information content (AvgIpc) is 2.85. The van der Waals surface area contributed by atoms with Crippen molar-refractivity contribution in [2.45, 2.75) is 6.92 Å². The number of ether oxygens (including phenoxy) is 1. The molecule has 2 N–H and O–H groups in total. The molecule has 8 heteroatoms. The first-order valence-corrected chi connectivity index (χ1v) is 8.47. The molecule has 0 fully saturated rings. The SMILES string of the molecule is COC(=O)c1[nH]c(C)cc1NS(=O)(=O)C=Cc1ccc(Cl)cc1. The number of aromatic amines is 1. The molecule has 0 bridgehead atoms. The molecule has 0 saturated carbocycles. The third-order valence-corrected chi connectivity index (χ3v) is 4.15. The smallest absolute Gasteiger partial charge is 0.356 e. The molecule has 1 aromatic carbocycles. The van der Waals surface area contributed by atoms with Gasteiger partial charge < -0.3 is 9.72 Å². The van der Waals surface area contributed by atoms with Crippen LogP contribution in [0.15, 0.2) is 35.7 Å². The molecule has 0 aliphatic carbocycles. The summed E-state index contributed by atoms with van der Waals surface area (Å²) in [4.78, 5) is 14.4. The zero-order valence-corrected chi connectivity index (χ0v) is 14.0. The van der Waals surface area contributed by atoms with Crippen LogP contribution < -0.4 is 4.72 Å². The number of methoxy groups -OCH3 is 1. The van der Waals surface area contributed by atoms with E-state index in [1.165, 1.54) is 19.3 Å². The summed E-state index contributed by atoms with van der Waals surface area (Å²) < 4.78 is 31.2. The minimum Gasteiger partial charge on any atom is -0.464 e. The maximum Gasteiger partial charge on any atom is 0.356 e. The van der Waals surface area contributed by atoms with Gasteiger partial charge in [0.05, 0.1) is 18.2 Å². The van der Waals surface area contributed by atoms with E-state index in [-0.39, 0.29) is 11.4 Å². The third-order valence-electron chi connectivity index (χ3n) is 2.90. The molecule has 0 saturated heterocycles. The molecule has 1 aromatic heterocycles. The van der Waals surface area contributed by atoms with E-state index in [1.54, 1.807) is 31.2 Å². The number of carbonyl (C=O) groups excluding carboxylic acids is 1. The van der Waals surface area contributed by atoms with Crippen molar-refractivity contribution in [1.82, 2.24) is 4.98 Å². The van der Waals surface area contributed by atoms with Crippen molar-refractivity contribution in [3.8, 4) is 0 Å². The summed E-state index contributed by atoms with van der Waals surface area (Å²) in [6.07, 6.45) is 1.43. The number of sulfonamides is 1. The lowest BCUT2D eigenvalue weighted by Crippen LogP contribution is -2.12. The molecule has 6 nitrogen and oxygen atoms in total. The van der Waals surface area contributed by atoms with Gasteiger partial charge in [-0.1, -0.05) is 23.7 Å². The highest BCUT2D eigenvalue weighted by Crippen LogP contribution is 2.20. The number of esters is 1. The second-order valence-corrected chi connectivity index (χ2v) is 6.74. The predicted octanol–water partition coefficient (Wildman–Crippen LogP) is 3.18. The van der Waals surface area contributed by atoms with Gasteiger partial charge in [0, 0.05) is 10.7 Å². The van der Waals surface area contributed by atoms with Gasteiger partial charge in [0.1, 0.15) is 5.69 Å². The highest BCUT2D eigenvalue weighted by atomic mass is 35.5. The zero-order valence-electron chi connectivity index (χ0n) is 12.5. The summed E-state index contributed by atoms with van der Waals surface area (Å²) >= 11 is 5.77. The lowest BCUT2D eigenvalue weighted by Gasteiger charge is -2.04. The number of nitrogens with one attached hydrogen (secondary N) is 2. The van der Waals surface area contributed by atoms with Crippen LogP contribution in [0.4, 0.5) is 5.69 Å². The topological polar surface area (TPSA) is 88.3 Å². The third kappa shape index (κ3) is 4.61. The van der Waals surface area contributed by atoms with Crippen molar-refractivity contribution in [2.24, 2.45) is 0 Å². The zero-order chi connectivity index (χ0) is 17.0. The van der Waals surface area contributed by atoms with Crippen LogP contribution in [0.3, 0.4) is 0 Å². The van der Waals surface area contributed by atoms with Crippen molar-refractivity contribution < 1.29 is 17.9 Å². The number of benzene rings is 1. The molecule has 0 aliphatic heterocycles. The normalized spacial score (nSPS) is 11.6. The van der Waals surface area contributed by atoms with Gasteiger partial charge >= 0.3 is 5.97 Å². The van der Waals surface area contributed by atoms with Gasteiger partial charge in [-0.05, 0) is 36.8 Å². The summed E-state index contributed by atoms with van der Waals surface area (Å²) in [5.41, 5.74) is 1.49. The van der Waals surface area contributed by atoms with Crippen LogP contribution in [-0.4, -0.2) is 26.5 Å². The molecular weight excluding hydrogens is 340 g/mol. The Kier molecular flexibility index (Phi) is 5.12. The second-order valence-electron chi connectivity index (χ2n) is 4.73. The summed E-state index contributed by atoms with van der Waals surface area (Å²) in [6.45, 7) is 1.70. The monoisotopic (exact) mass is 354 g/mol. The molecule has 122 valence electrons. The van der Waals surface area contributed by atoms with E-state index in [0.29, 0.717) is 16.3 Å². The van der Waals surface area contributed by atoms with Gasteiger partial charge in [0.25, 0.3) is 10.0 Å². The van der Waals surface area contributed by atoms with E-state index in [2.05, 4.69) is 14.4 Å². The van der Waals surface area contributed by atoms with E-state index in [0.717, 1.165) is 5.41 Å². The molecule has 2 rings (SSSR count). The van der Waals surface area contributed by atoms with E-state index in [9.17, 15) is 13.2 Å². The number of hydrogen-bond donors (Lipinski definition) is 2. The number of hydrogen-bond acceptors (Lipinski definition) is 4. The van der Waals surface area contributed by atoms with Crippen LogP contribution in [0.25, 0.3) is 6.08 Å². The Morgan fingerprint density at radius 1 is 1.30 bits per heavy atom. The maximum atomic E-state index is 12.1. The van der Waals surface area contributed by atoms with Crippen molar-refractivity contribution in [3.05, 3.63) is 57.7 Å². The van der Waals surface area contributed by atoms with Crippen LogP contribution in [0.5, 0.6) is 0 Å². The van der Waals surface area contributed by atoms with Crippen LogP contribution in [0, 0.1) is 6.92 Å². The van der Waals surface area contributed by atoms with Crippen molar-refractivity contribution in [1.29, 1.82) is 0 Å². The fourth-order valence-electron chi connectivity index (χ4n) is 1.86. The first kappa shape index (κ1) is 17.1. The summed E-state index contributed by atoms with van der Waals surface area (Å²) in [5, 5.41) is 1.58. The average molecular weight is 355 g/mol. The van der Waals surface area contributed by atoms with Crippen LogP contribution in [0.1, 0.15) is 21.7 Å². The first-order chi connectivity index (χ1) is 10.8. The number of anilines is 1. The Morgan fingerprint density at radius 2 is 1.96 bits per heavy atom. The number of aromatic nitrogens is 1. The minimum absolute atomic E-state index is 0.0495. The van der Waals surface area contributed by atoms with E-state index in [4.69, 9.17) is 11.6 Å². The Bertz CT molecular complexity index is 839. The summed E-state index contributed by atoms with van der Waals surface area (Å²) in [6, 6.07) is 8.21. The molecule has 0 spiro atoms. The standard InChI is InChI=1S/C15H15ClN2O4S/c1-10-9-13(14(17-10)15(19)22-2)18-23(20,21)8-7-11-3-5-12(16)6-4-11/h3-9,17-18H,1-2H3. The molecule has 23 heavy (non-hydrogen) atoms. The van der Waals surface area contributed by atoms with E-state index in [1.807, 2.05) is 0 Å². The van der Waals surface area contributed by atoms with Gasteiger partial charge in [-0.15, -0.1) is 0 Å².